The molecule has 0 spiro atoms. The molecule has 4 heteroatoms. The Kier molecular flexibility index (Phi) is 4.81. The van der Waals surface area contributed by atoms with Crippen LogP contribution in [0, 0.1) is 0 Å². The van der Waals surface area contributed by atoms with Crippen molar-refractivity contribution in [1.29, 1.82) is 0 Å². The lowest BCUT2D eigenvalue weighted by Crippen LogP contribution is -2.09. The summed E-state index contributed by atoms with van der Waals surface area (Å²) in [5.74, 6) is 1.34. The first-order chi connectivity index (χ1) is 10.4. The molecular weight excluding hydrogens is 276 g/mol. The zero-order chi connectivity index (χ0) is 16.2. The van der Waals surface area contributed by atoms with Crippen LogP contribution in [0.3, 0.4) is 0 Å². The van der Waals surface area contributed by atoms with Crippen molar-refractivity contribution in [3.05, 3.63) is 59.5 Å². The van der Waals surface area contributed by atoms with Gasteiger partial charge in [-0.1, -0.05) is 57.1 Å². The SMILES string of the molecule is CCc1ccc(C(=O)/C=C\Nc2cc(C(C)(C)C)on2)cc1. The van der Waals surface area contributed by atoms with Gasteiger partial charge in [0.25, 0.3) is 0 Å². The van der Waals surface area contributed by atoms with E-state index >= 15 is 0 Å². The lowest BCUT2D eigenvalue weighted by molar-refractivity contribution is 0.104. The normalized spacial score (nSPS) is 11.8. The molecule has 2 rings (SSSR count). The molecule has 0 saturated heterocycles. The van der Waals surface area contributed by atoms with Crippen LogP contribution in [0.5, 0.6) is 0 Å². The summed E-state index contributed by atoms with van der Waals surface area (Å²) in [4.78, 5) is 12.0. The number of carbonyl (C=O) groups is 1. The van der Waals surface area contributed by atoms with Crippen LogP contribution in [0.1, 0.15) is 49.4 Å². The van der Waals surface area contributed by atoms with Crippen molar-refractivity contribution in [3.8, 4) is 0 Å². The largest absolute Gasteiger partial charge is 0.359 e. The van der Waals surface area contributed by atoms with E-state index in [4.69, 9.17) is 4.52 Å². The summed E-state index contributed by atoms with van der Waals surface area (Å²) in [6, 6.07) is 9.48. The number of aromatic nitrogens is 1. The number of nitrogens with one attached hydrogen (secondary N) is 1. The van der Waals surface area contributed by atoms with Gasteiger partial charge in [-0.25, -0.2) is 0 Å². The van der Waals surface area contributed by atoms with Gasteiger partial charge in [0.1, 0.15) is 5.76 Å². The highest BCUT2D eigenvalue weighted by Gasteiger charge is 2.19. The minimum Gasteiger partial charge on any atom is -0.359 e. The number of hydrogen-bond donors (Lipinski definition) is 1. The van der Waals surface area contributed by atoms with Crippen LogP contribution in [-0.2, 0) is 11.8 Å². The van der Waals surface area contributed by atoms with Crippen molar-refractivity contribution in [2.45, 2.75) is 39.5 Å². The van der Waals surface area contributed by atoms with E-state index in [1.54, 1.807) is 6.20 Å². The maximum Gasteiger partial charge on any atom is 0.187 e. The highest BCUT2D eigenvalue weighted by atomic mass is 16.5. The van der Waals surface area contributed by atoms with Gasteiger partial charge < -0.3 is 9.84 Å². The predicted molar refractivity (Wildman–Crippen MR) is 88.1 cm³/mol. The molecule has 0 radical (unpaired) electrons. The molecule has 0 fully saturated rings. The molecule has 2 aromatic rings. The second-order valence-electron chi connectivity index (χ2n) is 6.22. The summed E-state index contributed by atoms with van der Waals surface area (Å²) < 4.78 is 5.27. The zero-order valence-corrected chi connectivity index (χ0v) is 13.5. The van der Waals surface area contributed by atoms with Gasteiger partial charge in [-0.2, -0.15) is 0 Å². The van der Waals surface area contributed by atoms with E-state index in [2.05, 4.69) is 38.2 Å². The topological polar surface area (TPSA) is 55.1 Å². The Morgan fingerprint density at radius 1 is 1.27 bits per heavy atom. The molecule has 0 aliphatic rings. The average molecular weight is 298 g/mol. The number of benzene rings is 1. The molecule has 0 atom stereocenters. The number of allylic oxidation sites excluding steroid dienone is 1. The molecule has 22 heavy (non-hydrogen) atoms. The monoisotopic (exact) mass is 298 g/mol. The fourth-order valence-electron chi connectivity index (χ4n) is 1.90. The Balaban J connectivity index is 1.96. The number of nitrogens with zero attached hydrogens (tertiary/aromatic N) is 1. The lowest BCUT2D eigenvalue weighted by atomic mass is 9.93. The van der Waals surface area contributed by atoms with E-state index < -0.39 is 0 Å². The van der Waals surface area contributed by atoms with Crippen molar-refractivity contribution in [3.63, 3.8) is 0 Å². The Hall–Kier alpha value is -2.36. The number of anilines is 1. The van der Waals surface area contributed by atoms with E-state index in [0.717, 1.165) is 12.2 Å². The molecule has 1 N–H and O–H groups in total. The fraction of sp³-hybridized carbons (Fsp3) is 0.333. The third-order valence-corrected chi connectivity index (χ3v) is 3.36. The highest BCUT2D eigenvalue weighted by Crippen LogP contribution is 2.24. The molecule has 1 heterocycles. The average Bonchev–Trinajstić information content (AvgIpc) is 2.96. The summed E-state index contributed by atoms with van der Waals surface area (Å²) in [7, 11) is 0. The van der Waals surface area contributed by atoms with Crippen LogP contribution < -0.4 is 5.32 Å². The molecule has 0 unspecified atom stereocenters. The molecule has 116 valence electrons. The Morgan fingerprint density at radius 3 is 2.50 bits per heavy atom. The first kappa shape index (κ1) is 16.0. The summed E-state index contributed by atoms with van der Waals surface area (Å²) in [5.41, 5.74) is 1.80. The Morgan fingerprint density at radius 2 is 1.95 bits per heavy atom. The number of rotatable bonds is 5. The van der Waals surface area contributed by atoms with Gasteiger partial charge in [-0.3, -0.25) is 4.79 Å². The molecule has 0 saturated carbocycles. The molecule has 0 aliphatic heterocycles. The third kappa shape index (κ3) is 4.07. The molecule has 0 bridgehead atoms. The second kappa shape index (κ2) is 6.60. The van der Waals surface area contributed by atoms with E-state index in [0.29, 0.717) is 11.4 Å². The van der Waals surface area contributed by atoms with Crippen LogP contribution in [0.2, 0.25) is 0 Å². The minimum atomic E-state index is -0.0898. The first-order valence-electron chi connectivity index (χ1n) is 7.43. The van der Waals surface area contributed by atoms with E-state index in [1.165, 1.54) is 11.6 Å². The second-order valence-corrected chi connectivity index (χ2v) is 6.22. The van der Waals surface area contributed by atoms with Crippen molar-refractivity contribution < 1.29 is 9.32 Å². The van der Waals surface area contributed by atoms with Crippen LogP contribution in [0.4, 0.5) is 5.82 Å². The maximum absolute atomic E-state index is 12.0. The Labute approximate surface area is 131 Å². The quantitative estimate of drug-likeness (QED) is 0.659. The number of aryl methyl sites for hydroxylation is 1. The van der Waals surface area contributed by atoms with E-state index in [-0.39, 0.29) is 11.2 Å². The Bertz CT molecular complexity index is 661. The summed E-state index contributed by atoms with van der Waals surface area (Å²) >= 11 is 0. The highest BCUT2D eigenvalue weighted by molar-refractivity contribution is 6.04. The van der Waals surface area contributed by atoms with Crippen molar-refractivity contribution in [2.24, 2.45) is 0 Å². The number of carbonyl (C=O) groups excluding carboxylic acids is 1. The zero-order valence-electron chi connectivity index (χ0n) is 13.5. The van der Waals surface area contributed by atoms with Gasteiger partial charge in [0.2, 0.25) is 0 Å². The van der Waals surface area contributed by atoms with Gasteiger partial charge in [0, 0.05) is 29.3 Å². The van der Waals surface area contributed by atoms with Crippen LogP contribution in [-0.4, -0.2) is 10.9 Å². The summed E-state index contributed by atoms with van der Waals surface area (Å²) in [5, 5.41) is 6.88. The van der Waals surface area contributed by atoms with E-state index in [1.807, 2.05) is 30.3 Å². The van der Waals surface area contributed by atoms with Crippen molar-refractivity contribution in [2.75, 3.05) is 5.32 Å². The number of ketones is 1. The molecular formula is C18H22N2O2. The summed E-state index contributed by atoms with van der Waals surface area (Å²) in [6.07, 6.45) is 4.04. The lowest BCUT2D eigenvalue weighted by Gasteiger charge is -2.11. The van der Waals surface area contributed by atoms with Gasteiger partial charge in [0.15, 0.2) is 11.6 Å². The molecule has 0 amide bonds. The van der Waals surface area contributed by atoms with Crippen LogP contribution in [0.15, 0.2) is 47.1 Å². The van der Waals surface area contributed by atoms with Gasteiger partial charge >= 0.3 is 0 Å². The van der Waals surface area contributed by atoms with Crippen LogP contribution in [0.25, 0.3) is 0 Å². The molecule has 1 aromatic heterocycles. The molecule has 0 aliphatic carbocycles. The van der Waals surface area contributed by atoms with Crippen molar-refractivity contribution >= 4 is 11.6 Å². The molecule has 1 aromatic carbocycles. The van der Waals surface area contributed by atoms with Gasteiger partial charge in [0.05, 0.1) is 0 Å². The third-order valence-electron chi connectivity index (χ3n) is 3.36. The van der Waals surface area contributed by atoms with Crippen molar-refractivity contribution in [1.82, 2.24) is 5.16 Å². The fourth-order valence-corrected chi connectivity index (χ4v) is 1.90. The predicted octanol–water partition coefficient (Wildman–Crippen LogP) is 4.34. The number of hydrogen-bond acceptors (Lipinski definition) is 4. The van der Waals surface area contributed by atoms with Gasteiger partial charge in [-0.05, 0) is 12.0 Å². The molecule has 4 nitrogen and oxygen atoms in total. The minimum absolute atomic E-state index is 0.0466. The van der Waals surface area contributed by atoms with Gasteiger partial charge in [-0.15, -0.1) is 0 Å². The van der Waals surface area contributed by atoms with E-state index in [9.17, 15) is 4.79 Å². The first-order valence-corrected chi connectivity index (χ1v) is 7.43. The standard InChI is InChI=1S/C18H22N2O2/c1-5-13-6-8-14(9-7-13)15(21)10-11-19-17-12-16(22-20-17)18(2,3)4/h6-12H,5H2,1-4H3,(H,19,20)/b11-10-. The smallest absolute Gasteiger partial charge is 0.187 e. The maximum atomic E-state index is 12.0. The summed E-state index contributed by atoms with van der Waals surface area (Å²) in [6.45, 7) is 8.24. The van der Waals surface area contributed by atoms with Crippen LogP contribution >= 0.6 is 0 Å².